The van der Waals surface area contributed by atoms with E-state index >= 15 is 0 Å². The number of carbonyl (C=O) groups excluding carboxylic acids is 1. The molecule has 16 heavy (non-hydrogen) atoms. The van der Waals surface area contributed by atoms with E-state index in [1.165, 1.54) is 4.90 Å². The van der Waals surface area contributed by atoms with E-state index in [1.807, 2.05) is 25.1 Å². The topological polar surface area (TPSA) is 29.5 Å². The predicted octanol–water partition coefficient (Wildman–Crippen LogP) is 2.61. The fourth-order valence-electron chi connectivity index (χ4n) is 1.31. The highest BCUT2D eigenvalue weighted by atomic mass is 79.9. The van der Waals surface area contributed by atoms with Gasteiger partial charge in [0, 0.05) is 18.6 Å². The molecule has 0 bridgehead atoms. The van der Waals surface area contributed by atoms with E-state index in [4.69, 9.17) is 4.74 Å². The highest BCUT2D eigenvalue weighted by Gasteiger charge is 2.16. The molecule has 0 aromatic heterocycles. The van der Waals surface area contributed by atoms with Gasteiger partial charge in [-0.3, -0.25) is 4.79 Å². The maximum absolute atomic E-state index is 11.6. The molecule has 0 radical (unpaired) electrons. The second-order valence-electron chi connectivity index (χ2n) is 3.90. The van der Waals surface area contributed by atoms with Crippen LogP contribution < -0.4 is 4.74 Å². The Morgan fingerprint density at radius 1 is 1.44 bits per heavy atom. The van der Waals surface area contributed by atoms with E-state index in [0.717, 1.165) is 10.0 Å². The standard InChI is InChI=1S/C12H16BrNO2/c1-8-7-10(5-6-11(8)13)16-9(2)12(15)14(3)4/h5-7,9H,1-4H3. The number of ether oxygens (including phenoxy) is 1. The normalized spacial score (nSPS) is 12.1. The van der Waals surface area contributed by atoms with Crippen LogP contribution in [-0.4, -0.2) is 31.0 Å². The van der Waals surface area contributed by atoms with Crippen LogP contribution in [0.3, 0.4) is 0 Å². The van der Waals surface area contributed by atoms with Crippen molar-refractivity contribution >= 4 is 21.8 Å². The van der Waals surface area contributed by atoms with Gasteiger partial charge in [0.05, 0.1) is 0 Å². The summed E-state index contributed by atoms with van der Waals surface area (Å²) in [7, 11) is 3.43. The average molecular weight is 286 g/mol. The quantitative estimate of drug-likeness (QED) is 0.854. The van der Waals surface area contributed by atoms with Gasteiger partial charge in [-0.05, 0) is 37.6 Å². The molecular weight excluding hydrogens is 270 g/mol. The summed E-state index contributed by atoms with van der Waals surface area (Å²) >= 11 is 3.42. The van der Waals surface area contributed by atoms with Gasteiger partial charge in [-0.25, -0.2) is 0 Å². The number of aryl methyl sites for hydroxylation is 1. The van der Waals surface area contributed by atoms with Crippen LogP contribution in [0.4, 0.5) is 0 Å². The average Bonchev–Trinajstić information content (AvgIpc) is 2.22. The van der Waals surface area contributed by atoms with Crippen LogP contribution in [0.2, 0.25) is 0 Å². The Hall–Kier alpha value is -1.03. The largest absolute Gasteiger partial charge is 0.481 e. The van der Waals surface area contributed by atoms with Crippen molar-refractivity contribution in [1.82, 2.24) is 4.90 Å². The summed E-state index contributed by atoms with van der Waals surface area (Å²) in [5.41, 5.74) is 1.09. The third-order valence-corrected chi connectivity index (χ3v) is 3.12. The molecular formula is C12H16BrNO2. The molecule has 1 unspecified atom stereocenters. The molecule has 0 aliphatic rings. The predicted molar refractivity (Wildman–Crippen MR) is 67.7 cm³/mol. The van der Waals surface area contributed by atoms with Crippen LogP contribution in [0, 0.1) is 6.92 Å². The number of hydrogen-bond donors (Lipinski definition) is 0. The lowest BCUT2D eigenvalue weighted by Crippen LogP contribution is -2.35. The molecule has 0 N–H and O–H groups in total. The van der Waals surface area contributed by atoms with E-state index in [-0.39, 0.29) is 5.91 Å². The van der Waals surface area contributed by atoms with Gasteiger partial charge in [0.25, 0.3) is 5.91 Å². The minimum atomic E-state index is -0.462. The number of benzene rings is 1. The summed E-state index contributed by atoms with van der Waals surface area (Å²) in [6.45, 7) is 3.73. The third-order valence-electron chi connectivity index (χ3n) is 2.23. The number of halogens is 1. The number of carbonyl (C=O) groups is 1. The Balaban J connectivity index is 2.73. The molecule has 0 saturated carbocycles. The van der Waals surface area contributed by atoms with E-state index < -0.39 is 6.10 Å². The van der Waals surface area contributed by atoms with Crippen molar-refractivity contribution in [3.63, 3.8) is 0 Å². The number of nitrogens with zero attached hydrogens (tertiary/aromatic N) is 1. The molecule has 0 aliphatic heterocycles. The van der Waals surface area contributed by atoms with Gasteiger partial charge in [-0.2, -0.15) is 0 Å². The van der Waals surface area contributed by atoms with Crippen LogP contribution in [0.15, 0.2) is 22.7 Å². The zero-order valence-corrected chi connectivity index (χ0v) is 11.5. The van der Waals surface area contributed by atoms with Crippen molar-refractivity contribution in [2.24, 2.45) is 0 Å². The summed E-state index contributed by atoms with van der Waals surface area (Å²) in [6.07, 6.45) is -0.462. The fourth-order valence-corrected chi connectivity index (χ4v) is 1.56. The first-order valence-electron chi connectivity index (χ1n) is 5.06. The summed E-state index contributed by atoms with van der Waals surface area (Å²) < 4.78 is 6.59. The van der Waals surface area contributed by atoms with Crippen LogP contribution in [0.25, 0.3) is 0 Å². The molecule has 4 heteroatoms. The van der Waals surface area contributed by atoms with Gasteiger partial charge in [0.15, 0.2) is 6.10 Å². The molecule has 1 aromatic rings. The molecule has 0 spiro atoms. The van der Waals surface area contributed by atoms with Crippen LogP contribution in [-0.2, 0) is 4.79 Å². The van der Waals surface area contributed by atoms with Crippen LogP contribution >= 0.6 is 15.9 Å². The molecule has 1 atom stereocenters. The second kappa shape index (κ2) is 5.34. The highest BCUT2D eigenvalue weighted by Crippen LogP contribution is 2.22. The maximum Gasteiger partial charge on any atom is 0.262 e. The van der Waals surface area contributed by atoms with Gasteiger partial charge in [0.1, 0.15) is 5.75 Å². The van der Waals surface area contributed by atoms with Gasteiger partial charge in [-0.1, -0.05) is 15.9 Å². The Bertz CT molecular complexity index is 391. The molecule has 0 fully saturated rings. The van der Waals surface area contributed by atoms with Crippen molar-refractivity contribution in [3.05, 3.63) is 28.2 Å². The zero-order chi connectivity index (χ0) is 12.3. The van der Waals surface area contributed by atoms with Crippen LogP contribution in [0.5, 0.6) is 5.75 Å². The molecule has 1 aromatic carbocycles. The summed E-state index contributed by atoms with van der Waals surface area (Å²) in [4.78, 5) is 13.1. The van der Waals surface area contributed by atoms with Gasteiger partial charge in [0.2, 0.25) is 0 Å². The van der Waals surface area contributed by atoms with Crippen molar-refractivity contribution < 1.29 is 9.53 Å². The first-order chi connectivity index (χ1) is 7.41. The lowest BCUT2D eigenvalue weighted by atomic mass is 10.2. The molecule has 1 rings (SSSR count). The smallest absolute Gasteiger partial charge is 0.262 e. The number of rotatable bonds is 3. The van der Waals surface area contributed by atoms with Gasteiger partial charge >= 0.3 is 0 Å². The SMILES string of the molecule is Cc1cc(OC(C)C(=O)N(C)C)ccc1Br. The molecule has 1 amide bonds. The Morgan fingerprint density at radius 3 is 2.56 bits per heavy atom. The van der Waals surface area contributed by atoms with E-state index in [9.17, 15) is 4.79 Å². The Kier molecular flexibility index (Phi) is 4.35. The molecule has 0 aliphatic carbocycles. The number of likely N-dealkylation sites (N-methyl/N-ethyl adjacent to an activating group) is 1. The molecule has 0 heterocycles. The molecule has 0 saturated heterocycles. The van der Waals surface area contributed by atoms with Crippen molar-refractivity contribution in [2.75, 3.05) is 14.1 Å². The second-order valence-corrected chi connectivity index (χ2v) is 4.76. The minimum absolute atomic E-state index is 0.0411. The monoisotopic (exact) mass is 285 g/mol. The summed E-state index contributed by atoms with van der Waals surface area (Å²) in [5.74, 6) is 0.670. The van der Waals surface area contributed by atoms with E-state index in [0.29, 0.717) is 5.75 Å². The van der Waals surface area contributed by atoms with E-state index in [1.54, 1.807) is 21.0 Å². The molecule has 3 nitrogen and oxygen atoms in total. The fraction of sp³-hybridized carbons (Fsp3) is 0.417. The molecule has 88 valence electrons. The van der Waals surface area contributed by atoms with Gasteiger partial charge in [-0.15, -0.1) is 0 Å². The first kappa shape index (κ1) is 13.0. The van der Waals surface area contributed by atoms with Crippen LogP contribution in [0.1, 0.15) is 12.5 Å². The van der Waals surface area contributed by atoms with E-state index in [2.05, 4.69) is 15.9 Å². The number of amides is 1. The van der Waals surface area contributed by atoms with Crippen molar-refractivity contribution in [3.8, 4) is 5.75 Å². The highest BCUT2D eigenvalue weighted by molar-refractivity contribution is 9.10. The Labute approximate surface area is 105 Å². The zero-order valence-electron chi connectivity index (χ0n) is 9.95. The lowest BCUT2D eigenvalue weighted by molar-refractivity contribution is -0.135. The number of hydrogen-bond acceptors (Lipinski definition) is 2. The lowest BCUT2D eigenvalue weighted by Gasteiger charge is -2.18. The summed E-state index contributed by atoms with van der Waals surface area (Å²) in [6, 6.07) is 5.66. The summed E-state index contributed by atoms with van der Waals surface area (Å²) in [5, 5.41) is 0. The van der Waals surface area contributed by atoms with Crippen molar-refractivity contribution in [2.45, 2.75) is 20.0 Å². The third kappa shape index (κ3) is 3.23. The Morgan fingerprint density at radius 2 is 2.06 bits per heavy atom. The minimum Gasteiger partial charge on any atom is -0.481 e. The first-order valence-corrected chi connectivity index (χ1v) is 5.85. The maximum atomic E-state index is 11.6. The van der Waals surface area contributed by atoms with Gasteiger partial charge < -0.3 is 9.64 Å². The van der Waals surface area contributed by atoms with Crippen molar-refractivity contribution in [1.29, 1.82) is 0 Å².